The molecule has 3 atom stereocenters. The Morgan fingerprint density at radius 3 is 2.59 bits per heavy atom. The maximum Gasteiger partial charge on any atom is 0.167 e. The van der Waals surface area contributed by atoms with Crippen molar-refractivity contribution in [2.24, 2.45) is 0 Å². The van der Waals surface area contributed by atoms with Crippen LogP contribution in [0.15, 0.2) is 48.5 Å². The van der Waals surface area contributed by atoms with Crippen LogP contribution >= 0.6 is 0 Å². The van der Waals surface area contributed by atoms with E-state index in [0.717, 1.165) is 22.4 Å². The maximum absolute atomic E-state index is 13.1. The summed E-state index contributed by atoms with van der Waals surface area (Å²) in [5.74, 6) is 0.907. The zero-order chi connectivity index (χ0) is 19.9. The number of aromatic hydroxyl groups is 2. The predicted molar refractivity (Wildman–Crippen MR) is 106 cm³/mol. The van der Waals surface area contributed by atoms with E-state index in [9.17, 15) is 15.0 Å². The molecule has 0 aromatic heterocycles. The number of carbonyl (C=O) groups excluding carboxylic acids is 1. The van der Waals surface area contributed by atoms with Crippen molar-refractivity contribution in [1.82, 2.24) is 0 Å². The van der Waals surface area contributed by atoms with Crippen LogP contribution in [-0.4, -0.2) is 23.1 Å². The van der Waals surface area contributed by atoms with Crippen LogP contribution in [0, 0.1) is 0 Å². The lowest BCUT2D eigenvalue weighted by Crippen LogP contribution is -2.36. The molecule has 3 aromatic carbocycles. The van der Waals surface area contributed by atoms with Gasteiger partial charge < -0.3 is 19.7 Å². The average molecular weight is 386 g/mol. The molecular formula is C24H18O5. The van der Waals surface area contributed by atoms with E-state index in [2.05, 4.69) is 0 Å². The zero-order valence-electron chi connectivity index (χ0n) is 15.7. The Labute approximate surface area is 167 Å². The monoisotopic (exact) mass is 386 g/mol. The molecule has 2 N–H and O–H groups in total. The Morgan fingerprint density at radius 2 is 1.76 bits per heavy atom. The van der Waals surface area contributed by atoms with Gasteiger partial charge in [-0.05, 0) is 23.3 Å². The number of hydrogen-bond donors (Lipinski definition) is 2. The Hall–Kier alpha value is -3.47. The minimum Gasteiger partial charge on any atom is -0.507 e. The van der Waals surface area contributed by atoms with Gasteiger partial charge in [-0.25, -0.2) is 0 Å². The largest absolute Gasteiger partial charge is 0.507 e. The van der Waals surface area contributed by atoms with E-state index < -0.39 is 0 Å². The smallest absolute Gasteiger partial charge is 0.167 e. The van der Waals surface area contributed by atoms with E-state index in [4.69, 9.17) is 9.47 Å². The van der Waals surface area contributed by atoms with Gasteiger partial charge >= 0.3 is 0 Å². The molecule has 0 bridgehead atoms. The SMILES string of the molecule is COc1cc(O)c2c3c1-c1c(O)cccc1C1Oc4ccccc4C(CC2=O)C31. The number of Topliss-reactive ketones (excluding diaryl/α,β-unsaturated/α-hetero) is 1. The highest BCUT2D eigenvalue weighted by atomic mass is 16.5. The summed E-state index contributed by atoms with van der Waals surface area (Å²) in [6.45, 7) is 0. The van der Waals surface area contributed by atoms with Crippen LogP contribution in [0.25, 0.3) is 11.1 Å². The number of phenols is 2. The summed E-state index contributed by atoms with van der Waals surface area (Å²) < 4.78 is 12.0. The van der Waals surface area contributed by atoms with Crippen molar-refractivity contribution in [2.75, 3.05) is 7.11 Å². The third kappa shape index (κ3) is 1.97. The highest BCUT2D eigenvalue weighted by molar-refractivity contribution is 6.06. The van der Waals surface area contributed by atoms with Crippen LogP contribution in [0.1, 0.15) is 51.4 Å². The van der Waals surface area contributed by atoms with Gasteiger partial charge in [0.05, 0.1) is 12.7 Å². The summed E-state index contributed by atoms with van der Waals surface area (Å²) in [5, 5.41) is 21.4. The second kappa shape index (κ2) is 5.54. The molecule has 144 valence electrons. The Balaban J connectivity index is 1.78. The first-order valence-electron chi connectivity index (χ1n) is 9.65. The van der Waals surface area contributed by atoms with Crippen molar-refractivity contribution in [3.05, 3.63) is 70.8 Å². The van der Waals surface area contributed by atoms with Gasteiger partial charge in [0.15, 0.2) is 5.78 Å². The van der Waals surface area contributed by atoms with E-state index >= 15 is 0 Å². The van der Waals surface area contributed by atoms with E-state index in [1.807, 2.05) is 30.3 Å². The van der Waals surface area contributed by atoms with Crippen LogP contribution < -0.4 is 9.47 Å². The van der Waals surface area contributed by atoms with Crippen molar-refractivity contribution in [1.29, 1.82) is 0 Å². The van der Waals surface area contributed by atoms with E-state index in [1.165, 1.54) is 13.2 Å². The van der Waals surface area contributed by atoms with Crippen LogP contribution in [0.5, 0.6) is 23.0 Å². The molecule has 0 amide bonds. The summed E-state index contributed by atoms with van der Waals surface area (Å²) in [6.07, 6.45) is -0.0509. The summed E-state index contributed by atoms with van der Waals surface area (Å²) in [7, 11) is 1.53. The van der Waals surface area contributed by atoms with Crippen LogP contribution in [-0.2, 0) is 0 Å². The molecule has 0 radical (unpaired) electrons. The summed E-state index contributed by atoms with van der Waals surface area (Å²) in [5.41, 5.74) is 4.20. The molecule has 1 heterocycles. The standard InChI is InChI=1S/C24H18O5/c1-28-18-10-16(27)21-15(26)9-13-11-5-2-3-8-17(11)29-24-12-6-4-7-14(25)19(12)22(18)23(21)20(13)24/h2-8,10,13,20,24-25,27H,9H2,1H3. The normalized spacial score (nSPS) is 22.8. The van der Waals surface area contributed by atoms with Crippen LogP contribution in [0.2, 0.25) is 0 Å². The van der Waals surface area contributed by atoms with E-state index in [0.29, 0.717) is 28.9 Å². The first-order chi connectivity index (χ1) is 14.1. The molecule has 5 nitrogen and oxygen atoms in total. The summed E-state index contributed by atoms with van der Waals surface area (Å²) >= 11 is 0. The van der Waals surface area contributed by atoms with Crippen molar-refractivity contribution in [2.45, 2.75) is 24.4 Å². The van der Waals surface area contributed by atoms with Crippen molar-refractivity contribution < 1.29 is 24.5 Å². The molecule has 0 saturated carbocycles. The molecule has 0 saturated heterocycles. The quantitative estimate of drug-likeness (QED) is 0.635. The zero-order valence-corrected chi connectivity index (χ0v) is 15.7. The fourth-order valence-electron chi connectivity index (χ4n) is 5.43. The number of benzene rings is 3. The maximum atomic E-state index is 13.1. The third-order valence-electron chi connectivity index (χ3n) is 6.51. The van der Waals surface area contributed by atoms with Crippen LogP contribution in [0.4, 0.5) is 0 Å². The molecule has 2 aliphatic carbocycles. The Bertz CT molecular complexity index is 1210. The number of ether oxygens (including phenoxy) is 2. The van der Waals surface area contributed by atoms with E-state index in [-0.39, 0.29) is 35.2 Å². The summed E-state index contributed by atoms with van der Waals surface area (Å²) in [6, 6.07) is 14.7. The van der Waals surface area contributed by atoms with Crippen LogP contribution in [0.3, 0.4) is 0 Å². The van der Waals surface area contributed by atoms with Crippen molar-refractivity contribution >= 4 is 5.78 Å². The molecule has 6 rings (SSSR count). The molecule has 0 fully saturated rings. The van der Waals surface area contributed by atoms with Gasteiger partial charge in [-0.2, -0.15) is 0 Å². The molecule has 0 spiro atoms. The van der Waals surface area contributed by atoms with Gasteiger partial charge in [0.2, 0.25) is 0 Å². The molecule has 1 aliphatic heterocycles. The Morgan fingerprint density at radius 1 is 0.966 bits per heavy atom. The molecule has 5 heteroatoms. The number of hydrogen-bond acceptors (Lipinski definition) is 5. The first kappa shape index (κ1) is 16.5. The molecule has 3 aliphatic rings. The topological polar surface area (TPSA) is 76.0 Å². The third-order valence-corrected chi connectivity index (χ3v) is 6.51. The number of fused-ring (bicyclic) bond motifs is 5. The van der Waals surface area contributed by atoms with Gasteiger partial charge in [-0.1, -0.05) is 30.3 Å². The minimum atomic E-state index is -0.358. The number of ketones is 1. The second-order valence-corrected chi connectivity index (χ2v) is 7.84. The first-order valence-corrected chi connectivity index (χ1v) is 9.65. The minimum absolute atomic E-state index is 0.0642. The van der Waals surface area contributed by atoms with E-state index in [1.54, 1.807) is 12.1 Å². The second-order valence-electron chi connectivity index (χ2n) is 7.84. The number of carbonyl (C=O) groups is 1. The lowest BCUT2D eigenvalue weighted by atomic mass is 9.61. The van der Waals surface area contributed by atoms with Gasteiger partial charge in [-0.15, -0.1) is 0 Å². The lowest BCUT2D eigenvalue weighted by molar-refractivity contribution is 0.0868. The molecular weight excluding hydrogens is 368 g/mol. The average Bonchev–Trinajstić information content (AvgIpc) is 2.73. The predicted octanol–water partition coefficient (Wildman–Crippen LogP) is 4.67. The van der Waals surface area contributed by atoms with Gasteiger partial charge in [0.1, 0.15) is 29.1 Å². The molecule has 3 aromatic rings. The number of methoxy groups -OCH3 is 1. The highest BCUT2D eigenvalue weighted by Crippen LogP contribution is 2.64. The van der Waals surface area contributed by atoms with Gasteiger partial charge in [0, 0.05) is 41.0 Å². The molecule has 29 heavy (non-hydrogen) atoms. The lowest BCUT2D eigenvalue weighted by Gasteiger charge is -2.47. The Kier molecular flexibility index (Phi) is 3.15. The fourth-order valence-corrected chi connectivity index (χ4v) is 5.43. The number of phenolic OH excluding ortho intramolecular Hbond substituents is 2. The van der Waals surface area contributed by atoms with Gasteiger partial charge in [0.25, 0.3) is 0 Å². The van der Waals surface area contributed by atoms with Crippen molar-refractivity contribution in [3.8, 4) is 34.1 Å². The fraction of sp³-hybridized carbons (Fsp3) is 0.208. The number of para-hydroxylation sites is 1. The number of rotatable bonds is 1. The van der Waals surface area contributed by atoms with Gasteiger partial charge in [-0.3, -0.25) is 4.79 Å². The summed E-state index contributed by atoms with van der Waals surface area (Å²) in [4.78, 5) is 13.1. The van der Waals surface area contributed by atoms with Crippen molar-refractivity contribution in [3.63, 3.8) is 0 Å². The molecule has 3 unspecified atom stereocenters. The highest BCUT2D eigenvalue weighted by Gasteiger charge is 2.51.